The Bertz CT molecular complexity index is 742. The highest BCUT2D eigenvalue weighted by Gasteiger charge is 2.15. The van der Waals surface area contributed by atoms with E-state index in [9.17, 15) is 0 Å². The molecule has 0 spiro atoms. The minimum atomic E-state index is 0.709. The summed E-state index contributed by atoms with van der Waals surface area (Å²) >= 11 is 5.80. The first kappa shape index (κ1) is 20.7. The Balaban J connectivity index is 1.64. The van der Waals surface area contributed by atoms with Gasteiger partial charge in [-0.25, -0.2) is 0 Å². The lowest BCUT2D eigenvalue weighted by Crippen LogP contribution is -2.40. The number of thiocarbonyl (C=S) groups is 1. The van der Waals surface area contributed by atoms with E-state index in [2.05, 4.69) is 58.2 Å². The van der Waals surface area contributed by atoms with E-state index in [0.29, 0.717) is 6.54 Å². The molecule has 0 radical (unpaired) electrons. The molecule has 1 aliphatic heterocycles. The molecular weight excluding hydrogens is 368 g/mol. The maximum atomic E-state index is 5.80. The van der Waals surface area contributed by atoms with Crippen LogP contribution in [0.4, 0.5) is 5.69 Å². The molecule has 150 valence electrons. The van der Waals surface area contributed by atoms with Crippen molar-refractivity contribution < 1.29 is 4.74 Å². The predicted molar refractivity (Wildman–Crippen MR) is 119 cm³/mol. The third kappa shape index (κ3) is 5.99. The van der Waals surface area contributed by atoms with Gasteiger partial charge in [0, 0.05) is 38.1 Å². The van der Waals surface area contributed by atoms with Gasteiger partial charge in [-0.1, -0.05) is 24.3 Å². The van der Waals surface area contributed by atoms with Crippen LogP contribution < -0.4 is 5.32 Å². The van der Waals surface area contributed by atoms with Gasteiger partial charge in [0.25, 0.3) is 0 Å². The Morgan fingerprint density at radius 1 is 1.14 bits per heavy atom. The van der Waals surface area contributed by atoms with Crippen molar-refractivity contribution in [3.8, 4) is 0 Å². The summed E-state index contributed by atoms with van der Waals surface area (Å²) in [7, 11) is 0. The molecule has 2 heterocycles. The van der Waals surface area contributed by atoms with E-state index in [1.165, 1.54) is 11.1 Å². The second-order valence-electron chi connectivity index (χ2n) is 7.25. The number of ether oxygens (including phenoxy) is 1. The highest BCUT2D eigenvalue weighted by atomic mass is 32.1. The van der Waals surface area contributed by atoms with Crippen LogP contribution in [-0.4, -0.2) is 59.3 Å². The zero-order valence-electron chi connectivity index (χ0n) is 16.9. The van der Waals surface area contributed by atoms with E-state index in [1.54, 1.807) is 0 Å². The second kappa shape index (κ2) is 10.5. The number of pyridine rings is 1. The molecule has 1 saturated heterocycles. The van der Waals surface area contributed by atoms with Gasteiger partial charge in [0.1, 0.15) is 0 Å². The predicted octanol–water partition coefficient (Wildman–Crippen LogP) is 3.62. The molecule has 0 aliphatic carbocycles. The van der Waals surface area contributed by atoms with Crippen LogP contribution in [0.15, 0.2) is 42.6 Å². The number of morpholine rings is 1. The van der Waals surface area contributed by atoms with Crippen LogP contribution in [0.5, 0.6) is 0 Å². The normalized spacial score (nSPS) is 14.6. The van der Waals surface area contributed by atoms with Crippen molar-refractivity contribution in [3.63, 3.8) is 0 Å². The molecule has 0 saturated carbocycles. The number of hydrogen-bond acceptors (Lipinski definition) is 4. The molecular formula is C22H30N4OS. The number of aromatic nitrogens is 1. The summed E-state index contributed by atoms with van der Waals surface area (Å²) in [5.41, 5.74) is 4.54. The van der Waals surface area contributed by atoms with Gasteiger partial charge in [0.2, 0.25) is 0 Å². The number of aryl methyl sites for hydroxylation is 2. The molecule has 3 rings (SSSR count). The molecule has 1 aromatic carbocycles. The van der Waals surface area contributed by atoms with Crippen molar-refractivity contribution in [3.05, 3.63) is 59.4 Å². The van der Waals surface area contributed by atoms with Gasteiger partial charge >= 0.3 is 0 Å². The van der Waals surface area contributed by atoms with Crippen LogP contribution in [0.25, 0.3) is 0 Å². The van der Waals surface area contributed by atoms with Gasteiger partial charge in [-0.15, -0.1) is 0 Å². The third-order valence-electron chi connectivity index (χ3n) is 5.09. The SMILES string of the molecule is Cc1cccc(C)c1NC(=S)N(CCCN1CCOCC1)Cc1ccccn1. The Labute approximate surface area is 173 Å². The van der Waals surface area contributed by atoms with E-state index in [4.69, 9.17) is 17.0 Å². The fraction of sp³-hybridized carbons (Fsp3) is 0.455. The summed E-state index contributed by atoms with van der Waals surface area (Å²) in [6, 6.07) is 12.3. The topological polar surface area (TPSA) is 40.6 Å². The Morgan fingerprint density at radius 3 is 2.57 bits per heavy atom. The summed E-state index contributed by atoms with van der Waals surface area (Å²) in [5.74, 6) is 0. The van der Waals surface area contributed by atoms with E-state index >= 15 is 0 Å². The molecule has 1 aliphatic rings. The smallest absolute Gasteiger partial charge is 0.173 e. The maximum absolute atomic E-state index is 5.80. The van der Waals surface area contributed by atoms with Crippen LogP contribution >= 0.6 is 12.2 Å². The zero-order chi connectivity index (χ0) is 19.8. The number of nitrogens with zero attached hydrogens (tertiary/aromatic N) is 3. The number of anilines is 1. The Kier molecular flexibility index (Phi) is 7.77. The number of hydrogen-bond donors (Lipinski definition) is 1. The largest absolute Gasteiger partial charge is 0.379 e. The minimum Gasteiger partial charge on any atom is -0.379 e. The molecule has 28 heavy (non-hydrogen) atoms. The van der Waals surface area contributed by atoms with Gasteiger partial charge in [-0.2, -0.15) is 0 Å². The lowest BCUT2D eigenvalue weighted by atomic mass is 10.1. The molecule has 0 atom stereocenters. The van der Waals surface area contributed by atoms with Gasteiger partial charge < -0.3 is 15.0 Å². The lowest BCUT2D eigenvalue weighted by molar-refractivity contribution is 0.0367. The van der Waals surface area contributed by atoms with E-state index in [0.717, 1.165) is 62.3 Å². The molecule has 0 amide bonds. The fourth-order valence-corrected chi connectivity index (χ4v) is 3.71. The summed E-state index contributed by atoms with van der Waals surface area (Å²) in [6.07, 6.45) is 2.89. The average molecular weight is 399 g/mol. The van der Waals surface area contributed by atoms with E-state index in [-0.39, 0.29) is 0 Å². The maximum Gasteiger partial charge on any atom is 0.173 e. The van der Waals surface area contributed by atoms with Crippen LogP contribution in [0.1, 0.15) is 23.2 Å². The molecule has 5 nitrogen and oxygen atoms in total. The van der Waals surface area contributed by atoms with Crippen molar-refractivity contribution in [1.82, 2.24) is 14.8 Å². The first-order chi connectivity index (χ1) is 13.6. The summed E-state index contributed by atoms with van der Waals surface area (Å²) in [4.78, 5) is 9.17. The van der Waals surface area contributed by atoms with Crippen molar-refractivity contribution in [2.24, 2.45) is 0 Å². The van der Waals surface area contributed by atoms with Crippen LogP contribution in [-0.2, 0) is 11.3 Å². The molecule has 0 unspecified atom stereocenters. The first-order valence-electron chi connectivity index (χ1n) is 9.95. The van der Waals surface area contributed by atoms with Crippen LogP contribution in [0, 0.1) is 13.8 Å². The summed E-state index contributed by atoms with van der Waals surface area (Å²) in [6.45, 7) is 10.6. The van der Waals surface area contributed by atoms with Gasteiger partial charge in [0.15, 0.2) is 5.11 Å². The molecule has 1 N–H and O–H groups in total. The van der Waals surface area contributed by atoms with Crippen LogP contribution in [0.2, 0.25) is 0 Å². The monoisotopic (exact) mass is 398 g/mol. The van der Waals surface area contributed by atoms with Gasteiger partial charge in [-0.3, -0.25) is 9.88 Å². The molecule has 2 aromatic rings. The molecule has 1 aromatic heterocycles. The third-order valence-corrected chi connectivity index (χ3v) is 5.45. The number of nitrogens with one attached hydrogen (secondary N) is 1. The Morgan fingerprint density at radius 2 is 1.89 bits per heavy atom. The second-order valence-corrected chi connectivity index (χ2v) is 7.63. The number of para-hydroxylation sites is 1. The average Bonchev–Trinajstić information content (AvgIpc) is 2.71. The Hall–Kier alpha value is -2.02. The molecule has 0 bridgehead atoms. The highest BCUT2D eigenvalue weighted by molar-refractivity contribution is 7.80. The van der Waals surface area contributed by atoms with E-state index in [1.807, 2.05) is 18.3 Å². The number of rotatable bonds is 7. The lowest BCUT2D eigenvalue weighted by Gasteiger charge is -2.30. The van der Waals surface area contributed by atoms with Crippen molar-refractivity contribution in [1.29, 1.82) is 0 Å². The van der Waals surface area contributed by atoms with Gasteiger partial charge in [0.05, 0.1) is 25.5 Å². The quantitative estimate of drug-likeness (QED) is 0.719. The standard InChI is InChI=1S/C22H30N4OS/c1-18-7-5-8-19(2)21(18)24-22(28)26(17-20-9-3-4-10-23-20)12-6-11-25-13-15-27-16-14-25/h3-5,7-10H,6,11-17H2,1-2H3,(H,24,28). The summed E-state index contributed by atoms with van der Waals surface area (Å²) < 4.78 is 5.44. The van der Waals surface area contributed by atoms with Crippen molar-refractivity contribution >= 4 is 23.0 Å². The molecule has 6 heteroatoms. The highest BCUT2D eigenvalue weighted by Crippen LogP contribution is 2.20. The fourth-order valence-electron chi connectivity index (χ4n) is 3.45. The summed E-state index contributed by atoms with van der Waals surface area (Å²) in [5, 5.41) is 4.24. The van der Waals surface area contributed by atoms with Crippen LogP contribution in [0.3, 0.4) is 0 Å². The van der Waals surface area contributed by atoms with Crippen molar-refractivity contribution in [2.45, 2.75) is 26.8 Å². The zero-order valence-corrected chi connectivity index (χ0v) is 17.7. The minimum absolute atomic E-state index is 0.709. The van der Waals surface area contributed by atoms with E-state index < -0.39 is 0 Å². The van der Waals surface area contributed by atoms with Crippen molar-refractivity contribution in [2.75, 3.05) is 44.7 Å². The van der Waals surface area contributed by atoms with Gasteiger partial charge in [-0.05, 0) is 55.7 Å². The first-order valence-corrected chi connectivity index (χ1v) is 10.4. The number of benzene rings is 1. The molecule has 1 fully saturated rings.